The fraction of sp³-hybridized carbons (Fsp3) is 0.733. The van der Waals surface area contributed by atoms with Gasteiger partial charge in [-0.25, -0.2) is 0 Å². The summed E-state index contributed by atoms with van der Waals surface area (Å²) in [5.41, 5.74) is 10.7. The molecule has 94 valence electrons. The molecular formula is C15H24N2. The average Bonchev–Trinajstić information content (AvgIpc) is 2.68. The van der Waals surface area contributed by atoms with E-state index in [1.807, 2.05) is 0 Å². The molecule has 1 atom stereocenters. The van der Waals surface area contributed by atoms with Crippen LogP contribution in [0.5, 0.6) is 0 Å². The molecule has 0 spiro atoms. The lowest BCUT2D eigenvalue weighted by Crippen LogP contribution is -2.21. The Morgan fingerprint density at radius 2 is 1.88 bits per heavy atom. The highest BCUT2D eigenvalue weighted by molar-refractivity contribution is 5.33. The highest BCUT2D eigenvalue weighted by Gasteiger charge is 2.26. The second-order valence-electron chi connectivity index (χ2n) is 5.85. The van der Waals surface area contributed by atoms with Crippen molar-refractivity contribution >= 4 is 0 Å². The van der Waals surface area contributed by atoms with Crippen LogP contribution in [0, 0.1) is 6.92 Å². The largest absolute Gasteiger partial charge is 0.346 e. The SMILES string of the molecule is Cc1cc2c(n1C1CCCCC1)CCCC2N. The normalized spacial score (nSPS) is 25.9. The van der Waals surface area contributed by atoms with Gasteiger partial charge >= 0.3 is 0 Å². The van der Waals surface area contributed by atoms with Crippen molar-refractivity contribution in [3.05, 3.63) is 23.0 Å². The van der Waals surface area contributed by atoms with Gasteiger partial charge in [-0.05, 0) is 50.7 Å². The topological polar surface area (TPSA) is 30.9 Å². The Kier molecular flexibility index (Phi) is 2.99. The van der Waals surface area contributed by atoms with Gasteiger partial charge in [-0.1, -0.05) is 19.3 Å². The number of nitrogens with two attached hydrogens (primary N) is 1. The monoisotopic (exact) mass is 232 g/mol. The van der Waals surface area contributed by atoms with E-state index in [1.54, 1.807) is 5.69 Å². The summed E-state index contributed by atoms with van der Waals surface area (Å²) in [6.45, 7) is 2.26. The molecule has 17 heavy (non-hydrogen) atoms. The van der Waals surface area contributed by atoms with Crippen molar-refractivity contribution < 1.29 is 0 Å². The van der Waals surface area contributed by atoms with E-state index in [0.717, 1.165) is 6.04 Å². The quantitative estimate of drug-likeness (QED) is 0.787. The Morgan fingerprint density at radius 3 is 2.65 bits per heavy atom. The first-order chi connectivity index (χ1) is 8.27. The second kappa shape index (κ2) is 4.49. The summed E-state index contributed by atoms with van der Waals surface area (Å²) in [5.74, 6) is 0. The van der Waals surface area contributed by atoms with Crippen LogP contribution < -0.4 is 5.73 Å². The van der Waals surface area contributed by atoms with E-state index >= 15 is 0 Å². The lowest BCUT2D eigenvalue weighted by Gasteiger charge is -2.29. The zero-order valence-electron chi connectivity index (χ0n) is 10.9. The smallest absolute Gasteiger partial charge is 0.0336 e. The van der Waals surface area contributed by atoms with E-state index in [0.29, 0.717) is 6.04 Å². The number of aryl methyl sites for hydroxylation is 1. The number of fused-ring (bicyclic) bond motifs is 1. The lowest BCUT2D eigenvalue weighted by atomic mass is 9.91. The van der Waals surface area contributed by atoms with Gasteiger partial charge in [0.1, 0.15) is 0 Å². The summed E-state index contributed by atoms with van der Waals surface area (Å²) in [6, 6.07) is 3.41. The Labute approximate surface area is 104 Å². The van der Waals surface area contributed by atoms with E-state index in [-0.39, 0.29) is 0 Å². The number of rotatable bonds is 1. The summed E-state index contributed by atoms with van der Waals surface area (Å²) >= 11 is 0. The van der Waals surface area contributed by atoms with E-state index in [9.17, 15) is 0 Å². The van der Waals surface area contributed by atoms with Gasteiger partial charge in [0.25, 0.3) is 0 Å². The van der Waals surface area contributed by atoms with Gasteiger partial charge in [0.2, 0.25) is 0 Å². The maximum atomic E-state index is 6.24. The van der Waals surface area contributed by atoms with Crippen LogP contribution in [0.1, 0.15) is 74.0 Å². The minimum absolute atomic E-state index is 0.294. The van der Waals surface area contributed by atoms with Crippen molar-refractivity contribution in [2.75, 3.05) is 0 Å². The number of hydrogen-bond acceptors (Lipinski definition) is 1. The van der Waals surface area contributed by atoms with E-state index in [2.05, 4.69) is 17.6 Å². The molecule has 1 heterocycles. The van der Waals surface area contributed by atoms with Crippen molar-refractivity contribution in [1.82, 2.24) is 4.57 Å². The molecule has 2 N–H and O–H groups in total. The van der Waals surface area contributed by atoms with Gasteiger partial charge in [-0.15, -0.1) is 0 Å². The molecule has 3 rings (SSSR count). The standard InChI is InChI=1S/C15H24N2/c1-11-10-13-14(16)8-5-9-15(13)17(11)12-6-3-2-4-7-12/h10,12,14H,2-9,16H2,1H3. The molecule has 1 fully saturated rings. The molecule has 0 bridgehead atoms. The fourth-order valence-corrected chi connectivity index (χ4v) is 3.81. The van der Waals surface area contributed by atoms with Crippen LogP contribution in [-0.4, -0.2) is 4.57 Å². The molecule has 0 radical (unpaired) electrons. The molecule has 2 aliphatic rings. The van der Waals surface area contributed by atoms with Crippen LogP contribution in [0.2, 0.25) is 0 Å². The van der Waals surface area contributed by atoms with E-state index in [1.165, 1.54) is 62.6 Å². The van der Waals surface area contributed by atoms with Crippen LogP contribution in [0.25, 0.3) is 0 Å². The summed E-state index contributed by atoms with van der Waals surface area (Å²) in [6.07, 6.45) is 10.7. The molecule has 1 unspecified atom stereocenters. The molecule has 0 aliphatic heterocycles. The molecule has 0 amide bonds. The summed E-state index contributed by atoms with van der Waals surface area (Å²) in [4.78, 5) is 0. The lowest BCUT2D eigenvalue weighted by molar-refractivity contribution is 0.339. The predicted molar refractivity (Wildman–Crippen MR) is 71.2 cm³/mol. The summed E-state index contributed by atoms with van der Waals surface area (Å²) in [5, 5.41) is 0. The van der Waals surface area contributed by atoms with E-state index in [4.69, 9.17) is 5.73 Å². The Morgan fingerprint density at radius 1 is 1.12 bits per heavy atom. The zero-order valence-corrected chi connectivity index (χ0v) is 10.9. The van der Waals surface area contributed by atoms with Gasteiger partial charge in [0, 0.05) is 23.5 Å². The minimum Gasteiger partial charge on any atom is -0.346 e. The molecule has 0 aromatic carbocycles. The van der Waals surface area contributed by atoms with Crippen LogP contribution >= 0.6 is 0 Å². The minimum atomic E-state index is 0.294. The average molecular weight is 232 g/mol. The van der Waals surface area contributed by atoms with Gasteiger partial charge in [0.05, 0.1) is 0 Å². The number of aromatic nitrogens is 1. The van der Waals surface area contributed by atoms with Crippen LogP contribution in [0.4, 0.5) is 0 Å². The summed E-state index contributed by atoms with van der Waals surface area (Å²) < 4.78 is 2.63. The van der Waals surface area contributed by atoms with Crippen LogP contribution in [0.15, 0.2) is 6.07 Å². The van der Waals surface area contributed by atoms with Crippen LogP contribution in [-0.2, 0) is 6.42 Å². The third-order valence-corrected chi connectivity index (χ3v) is 4.64. The van der Waals surface area contributed by atoms with E-state index < -0.39 is 0 Å². The van der Waals surface area contributed by atoms with Gasteiger partial charge in [-0.2, -0.15) is 0 Å². The Hall–Kier alpha value is -0.760. The van der Waals surface area contributed by atoms with Gasteiger partial charge in [-0.3, -0.25) is 0 Å². The molecule has 2 nitrogen and oxygen atoms in total. The molecular weight excluding hydrogens is 208 g/mol. The van der Waals surface area contributed by atoms with Crippen molar-refractivity contribution in [3.63, 3.8) is 0 Å². The summed E-state index contributed by atoms with van der Waals surface area (Å²) in [7, 11) is 0. The maximum Gasteiger partial charge on any atom is 0.0336 e. The first-order valence-electron chi connectivity index (χ1n) is 7.23. The third kappa shape index (κ3) is 1.93. The Balaban J connectivity index is 1.98. The molecule has 2 aliphatic carbocycles. The highest BCUT2D eigenvalue weighted by Crippen LogP contribution is 2.37. The first kappa shape index (κ1) is 11.3. The number of nitrogens with zero attached hydrogens (tertiary/aromatic N) is 1. The molecule has 1 aromatic heterocycles. The molecule has 1 aromatic rings. The number of hydrogen-bond donors (Lipinski definition) is 1. The second-order valence-corrected chi connectivity index (χ2v) is 5.85. The molecule has 0 saturated heterocycles. The van der Waals surface area contributed by atoms with Crippen molar-refractivity contribution in [1.29, 1.82) is 0 Å². The van der Waals surface area contributed by atoms with Crippen molar-refractivity contribution in [2.45, 2.75) is 70.4 Å². The fourth-order valence-electron chi connectivity index (χ4n) is 3.81. The predicted octanol–water partition coefficient (Wildman–Crippen LogP) is 3.64. The van der Waals surface area contributed by atoms with Crippen molar-refractivity contribution in [2.24, 2.45) is 5.73 Å². The zero-order chi connectivity index (χ0) is 11.8. The van der Waals surface area contributed by atoms with Crippen molar-refractivity contribution in [3.8, 4) is 0 Å². The third-order valence-electron chi connectivity index (χ3n) is 4.64. The molecule has 1 saturated carbocycles. The highest BCUT2D eigenvalue weighted by atomic mass is 15.0. The first-order valence-corrected chi connectivity index (χ1v) is 7.23. The van der Waals surface area contributed by atoms with Gasteiger partial charge < -0.3 is 10.3 Å². The van der Waals surface area contributed by atoms with Gasteiger partial charge in [0.15, 0.2) is 0 Å². The Bertz CT molecular complexity index is 399. The maximum absolute atomic E-state index is 6.24. The molecule has 2 heteroatoms. The van der Waals surface area contributed by atoms with Crippen LogP contribution in [0.3, 0.4) is 0 Å².